The van der Waals surface area contributed by atoms with Gasteiger partial charge in [0.2, 0.25) is 0 Å². The summed E-state index contributed by atoms with van der Waals surface area (Å²) in [4.78, 5) is 0. The van der Waals surface area contributed by atoms with Gasteiger partial charge in [-0.05, 0) is 0 Å². The standard InChI is InChI=1S/C11H21BO12S3/c13-1-9(7-25(14)15)2-19-12(21-5-11-6-22-26(16)24-11)20-3-10-4-23-27(17,18)8-10/h9-11,13H,1-8H2,(H,14,15). The van der Waals surface area contributed by atoms with Crippen molar-refractivity contribution in [3.05, 3.63) is 0 Å². The van der Waals surface area contributed by atoms with Crippen LogP contribution in [0.5, 0.6) is 0 Å². The van der Waals surface area contributed by atoms with Crippen molar-refractivity contribution in [1.82, 2.24) is 0 Å². The Balaban J connectivity index is 1.82. The summed E-state index contributed by atoms with van der Waals surface area (Å²) in [6.07, 6.45) is -0.602. The first-order valence-electron chi connectivity index (χ1n) is 7.89. The maximum atomic E-state index is 11.3. The lowest BCUT2D eigenvalue weighted by Crippen LogP contribution is -2.36. The van der Waals surface area contributed by atoms with E-state index >= 15 is 0 Å². The van der Waals surface area contributed by atoms with Gasteiger partial charge >= 0.3 is 18.7 Å². The highest BCUT2D eigenvalue weighted by Crippen LogP contribution is 2.16. The van der Waals surface area contributed by atoms with E-state index < -0.39 is 57.8 Å². The molecule has 12 nitrogen and oxygen atoms in total. The molecule has 5 atom stereocenters. The first-order valence-corrected chi connectivity index (χ1v) is 11.7. The van der Waals surface area contributed by atoms with Crippen molar-refractivity contribution in [2.24, 2.45) is 11.8 Å². The molecule has 2 rings (SSSR count). The lowest BCUT2D eigenvalue weighted by atomic mass is 10.1. The third-order valence-electron chi connectivity index (χ3n) is 3.48. The van der Waals surface area contributed by atoms with E-state index in [1.165, 1.54) is 0 Å². The molecule has 27 heavy (non-hydrogen) atoms. The Morgan fingerprint density at radius 1 is 1.26 bits per heavy atom. The van der Waals surface area contributed by atoms with Gasteiger partial charge in [0.1, 0.15) is 6.10 Å². The SMILES string of the molecule is O=S(O)CC(CO)COB(OCC1COS(=O)(=O)C1)OCC1COS(=O)O1. The highest BCUT2D eigenvalue weighted by Gasteiger charge is 2.33. The molecule has 0 aliphatic carbocycles. The van der Waals surface area contributed by atoms with Crippen LogP contribution >= 0.6 is 0 Å². The molecule has 158 valence electrons. The number of hydrogen-bond acceptors (Lipinski definition) is 11. The van der Waals surface area contributed by atoms with Crippen LogP contribution in [-0.2, 0) is 59.1 Å². The molecule has 0 radical (unpaired) electrons. The van der Waals surface area contributed by atoms with Gasteiger partial charge in [-0.2, -0.15) is 12.6 Å². The Morgan fingerprint density at radius 2 is 2.00 bits per heavy atom. The van der Waals surface area contributed by atoms with Gasteiger partial charge in [-0.1, -0.05) is 0 Å². The van der Waals surface area contributed by atoms with Crippen LogP contribution in [0.4, 0.5) is 0 Å². The molecule has 2 heterocycles. The van der Waals surface area contributed by atoms with Gasteiger partial charge in [0.25, 0.3) is 10.1 Å². The van der Waals surface area contributed by atoms with Gasteiger partial charge in [0.05, 0.1) is 31.3 Å². The number of rotatable bonds is 12. The second kappa shape index (κ2) is 11.2. The van der Waals surface area contributed by atoms with E-state index in [1.54, 1.807) is 0 Å². The van der Waals surface area contributed by atoms with Crippen LogP contribution < -0.4 is 0 Å². The van der Waals surface area contributed by atoms with E-state index in [1.807, 2.05) is 0 Å². The average molecular weight is 452 g/mol. The molecule has 0 aromatic heterocycles. The van der Waals surface area contributed by atoms with Gasteiger partial charge in [-0.3, -0.25) is 12.5 Å². The maximum absolute atomic E-state index is 11.3. The van der Waals surface area contributed by atoms with Crippen molar-refractivity contribution in [3.8, 4) is 0 Å². The van der Waals surface area contributed by atoms with Gasteiger partial charge < -0.3 is 23.6 Å². The van der Waals surface area contributed by atoms with Crippen molar-refractivity contribution in [3.63, 3.8) is 0 Å². The number of aliphatic hydroxyl groups excluding tert-OH is 1. The predicted molar refractivity (Wildman–Crippen MR) is 92.0 cm³/mol. The largest absolute Gasteiger partial charge is 0.639 e. The fourth-order valence-corrected chi connectivity index (χ4v) is 4.69. The molecule has 0 saturated carbocycles. The molecule has 0 bridgehead atoms. The smallest absolute Gasteiger partial charge is 0.396 e. The summed E-state index contributed by atoms with van der Waals surface area (Å²) in [7, 11) is -4.80. The fourth-order valence-electron chi connectivity index (χ4n) is 2.17. The van der Waals surface area contributed by atoms with Crippen molar-refractivity contribution in [2.75, 3.05) is 51.1 Å². The van der Waals surface area contributed by atoms with E-state index in [0.717, 1.165) is 0 Å². The van der Waals surface area contributed by atoms with E-state index in [4.69, 9.17) is 26.9 Å². The van der Waals surface area contributed by atoms with E-state index in [-0.39, 0.29) is 51.1 Å². The quantitative estimate of drug-likeness (QED) is 0.187. The summed E-state index contributed by atoms with van der Waals surface area (Å²) in [6, 6.07) is 0. The molecule has 2 saturated heterocycles. The van der Waals surface area contributed by atoms with Crippen molar-refractivity contribution < 1.29 is 53.0 Å². The fraction of sp³-hybridized carbons (Fsp3) is 1.00. The van der Waals surface area contributed by atoms with E-state index in [0.29, 0.717) is 0 Å². The molecular formula is C11H21BO12S3. The van der Waals surface area contributed by atoms with Gasteiger partial charge in [0, 0.05) is 31.7 Å². The Hall–Kier alpha value is -0.00506. The second-order valence-electron chi connectivity index (χ2n) is 5.91. The zero-order chi connectivity index (χ0) is 19.9. The summed E-state index contributed by atoms with van der Waals surface area (Å²) in [5.41, 5.74) is 0. The highest BCUT2D eigenvalue weighted by atomic mass is 32.2. The van der Waals surface area contributed by atoms with E-state index in [2.05, 4.69) is 4.18 Å². The third-order valence-corrected chi connectivity index (χ3v) is 6.37. The normalized spacial score (nSPS) is 29.6. The topological polar surface area (TPSA) is 164 Å². The number of hydrogen-bond donors (Lipinski definition) is 2. The van der Waals surface area contributed by atoms with E-state index in [9.17, 15) is 21.9 Å². The Labute approximate surface area is 162 Å². The lowest BCUT2D eigenvalue weighted by Gasteiger charge is -2.19. The lowest BCUT2D eigenvalue weighted by molar-refractivity contribution is 0.0411. The Kier molecular flexibility index (Phi) is 9.70. The molecule has 0 aromatic rings. The van der Waals surface area contributed by atoms with Crippen molar-refractivity contribution in [1.29, 1.82) is 0 Å². The zero-order valence-electron chi connectivity index (χ0n) is 14.2. The molecule has 0 spiro atoms. The van der Waals surface area contributed by atoms with Crippen LogP contribution in [0.15, 0.2) is 0 Å². The second-order valence-corrected chi connectivity index (χ2v) is 9.40. The van der Waals surface area contributed by atoms with Crippen molar-refractivity contribution in [2.45, 2.75) is 6.10 Å². The molecule has 5 unspecified atom stereocenters. The summed E-state index contributed by atoms with van der Waals surface area (Å²) >= 11 is -3.95. The first-order chi connectivity index (χ1) is 12.8. The minimum atomic E-state index is -3.54. The Morgan fingerprint density at radius 3 is 2.56 bits per heavy atom. The predicted octanol–water partition coefficient (Wildman–Crippen LogP) is -2.18. The van der Waals surface area contributed by atoms with Crippen LogP contribution in [0, 0.1) is 11.8 Å². The molecule has 0 amide bonds. The van der Waals surface area contributed by atoms with Gasteiger partial charge in [0.15, 0.2) is 11.1 Å². The van der Waals surface area contributed by atoms with Crippen LogP contribution in [-0.4, -0.2) is 91.1 Å². The van der Waals surface area contributed by atoms with Crippen LogP contribution in [0.3, 0.4) is 0 Å². The molecule has 2 aliphatic heterocycles. The summed E-state index contributed by atoms with van der Waals surface area (Å²) in [6.45, 7) is -0.598. The summed E-state index contributed by atoms with van der Waals surface area (Å²) in [5, 5.41) is 9.22. The highest BCUT2D eigenvalue weighted by molar-refractivity contribution is 7.86. The summed E-state index contributed by atoms with van der Waals surface area (Å²) < 4.78 is 83.8. The molecular weight excluding hydrogens is 431 g/mol. The average Bonchev–Trinajstić information content (AvgIpc) is 3.17. The minimum Gasteiger partial charge on any atom is -0.396 e. The van der Waals surface area contributed by atoms with Gasteiger partial charge in [-0.15, -0.1) is 0 Å². The molecule has 2 fully saturated rings. The maximum Gasteiger partial charge on any atom is 0.639 e. The van der Waals surface area contributed by atoms with Crippen LogP contribution in [0.2, 0.25) is 0 Å². The molecule has 2 aliphatic rings. The molecule has 16 heteroatoms. The Bertz CT molecular complexity index is 616. The van der Waals surface area contributed by atoms with Crippen molar-refractivity contribution >= 4 is 39.9 Å². The number of aliphatic hydroxyl groups is 1. The summed E-state index contributed by atoms with van der Waals surface area (Å²) in [5.74, 6) is -1.42. The monoisotopic (exact) mass is 452 g/mol. The molecule has 2 N–H and O–H groups in total. The third kappa shape index (κ3) is 8.91. The molecule has 0 aromatic carbocycles. The first kappa shape index (κ1) is 23.3. The van der Waals surface area contributed by atoms with Crippen LogP contribution in [0.1, 0.15) is 0 Å². The minimum absolute atomic E-state index is 0.0175. The van der Waals surface area contributed by atoms with Crippen LogP contribution in [0.25, 0.3) is 0 Å². The zero-order valence-corrected chi connectivity index (χ0v) is 16.6. The van der Waals surface area contributed by atoms with Gasteiger partial charge in [-0.25, -0.2) is 4.21 Å².